The van der Waals surface area contributed by atoms with Gasteiger partial charge < -0.3 is 4.90 Å². The van der Waals surface area contributed by atoms with E-state index in [1.165, 1.54) is 49.8 Å². The van der Waals surface area contributed by atoms with Gasteiger partial charge in [-0.1, -0.05) is 54.8 Å². The van der Waals surface area contributed by atoms with E-state index in [0.29, 0.717) is 0 Å². The zero-order valence-electron chi connectivity index (χ0n) is 17.6. The van der Waals surface area contributed by atoms with Crippen molar-refractivity contribution in [3.63, 3.8) is 0 Å². The number of rotatable bonds is 4. The fraction of sp³-hybridized carbons (Fsp3) is 0.480. The molecule has 2 aromatic carbocycles. The zero-order chi connectivity index (χ0) is 20.3. The second-order valence-electron chi connectivity index (χ2n) is 8.69. The molecule has 0 N–H and O–H groups in total. The number of halogens is 1. The van der Waals surface area contributed by atoms with Crippen molar-refractivity contribution in [2.45, 2.75) is 50.9 Å². The molecule has 0 saturated carbocycles. The normalized spacial score (nSPS) is 26.0. The zero-order valence-corrected chi connectivity index (χ0v) is 18.3. The quantitative estimate of drug-likeness (QED) is 0.673. The van der Waals surface area contributed by atoms with Gasteiger partial charge in [0.05, 0.1) is 0 Å². The van der Waals surface area contributed by atoms with Crippen LogP contribution in [0.2, 0.25) is 5.02 Å². The predicted octanol–water partition coefficient (Wildman–Crippen LogP) is 5.23. The van der Waals surface area contributed by atoms with E-state index < -0.39 is 0 Å². The van der Waals surface area contributed by atoms with Crippen LogP contribution >= 0.6 is 11.6 Å². The van der Waals surface area contributed by atoms with Crippen LogP contribution in [0.5, 0.6) is 0 Å². The van der Waals surface area contributed by atoms with Gasteiger partial charge in [0.15, 0.2) is 0 Å². The molecule has 2 saturated heterocycles. The van der Waals surface area contributed by atoms with Crippen LogP contribution < -0.4 is 4.90 Å². The molecule has 0 aromatic heterocycles. The molecule has 5 heteroatoms. The Labute approximate surface area is 185 Å². The van der Waals surface area contributed by atoms with Crippen LogP contribution in [0.25, 0.3) is 0 Å². The minimum absolute atomic E-state index is 0.175. The second-order valence-corrected chi connectivity index (χ2v) is 9.12. The van der Waals surface area contributed by atoms with Crippen molar-refractivity contribution in [2.75, 3.05) is 31.1 Å². The molecular formula is C25H31ClN4. The smallest absolute Gasteiger partial charge is 0.139 e. The monoisotopic (exact) mass is 422 g/mol. The van der Waals surface area contributed by atoms with Crippen LogP contribution in [-0.2, 0) is 0 Å². The Morgan fingerprint density at radius 3 is 1.93 bits per heavy atom. The first-order chi connectivity index (χ1) is 14.8. The standard InChI is InChI=1S/C25H31ClN4/c26-21-12-14-22(15-13-21)30-23(20-10-4-1-5-11-20)27-24(28-16-6-2-7-17-28)25(30)29-18-8-3-9-19-29/h1,4-5,10-15,24-25H,2-3,6-9,16-19H2/t24-,25+/m1/s1. The van der Waals surface area contributed by atoms with Gasteiger partial charge in [-0.25, -0.2) is 4.99 Å². The van der Waals surface area contributed by atoms with Gasteiger partial charge >= 0.3 is 0 Å². The molecule has 0 radical (unpaired) electrons. The summed E-state index contributed by atoms with van der Waals surface area (Å²) in [4.78, 5) is 13.2. The van der Waals surface area contributed by atoms with E-state index >= 15 is 0 Å². The first-order valence-corrected chi connectivity index (χ1v) is 11.9. The molecule has 30 heavy (non-hydrogen) atoms. The summed E-state index contributed by atoms with van der Waals surface area (Å²) in [7, 11) is 0. The summed E-state index contributed by atoms with van der Waals surface area (Å²) in [5, 5.41) is 0.776. The summed E-state index contributed by atoms with van der Waals surface area (Å²) >= 11 is 6.24. The highest BCUT2D eigenvalue weighted by Crippen LogP contribution is 2.34. The molecule has 0 amide bonds. The molecule has 5 rings (SSSR count). The van der Waals surface area contributed by atoms with Crippen LogP contribution in [0, 0.1) is 0 Å². The SMILES string of the molecule is Clc1ccc(N2C(c3ccccc3)=N[C@H](N3CCCCC3)[C@H]2N2CCCCC2)cc1. The Morgan fingerprint density at radius 1 is 0.700 bits per heavy atom. The molecule has 2 atom stereocenters. The summed E-state index contributed by atoms with van der Waals surface area (Å²) < 4.78 is 0. The maximum absolute atomic E-state index is 6.24. The third kappa shape index (κ3) is 4.01. The van der Waals surface area contributed by atoms with E-state index in [1.54, 1.807) is 0 Å². The molecule has 2 aromatic rings. The summed E-state index contributed by atoms with van der Waals surface area (Å²) in [6.45, 7) is 4.59. The van der Waals surface area contributed by atoms with Gasteiger partial charge in [-0.3, -0.25) is 9.80 Å². The maximum Gasteiger partial charge on any atom is 0.139 e. The van der Waals surface area contributed by atoms with Gasteiger partial charge in [-0.05, 0) is 49.9 Å². The fourth-order valence-electron chi connectivity index (χ4n) is 5.18. The van der Waals surface area contributed by atoms with Gasteiger partial charge in [-0.15, -0.1) is 0 Å². The molecule has 3 heterocycles. The lowest BCUT2D eigenvalue weighted by Gasteiger charge is -2.44. The fourth-order valence-corrected chi connectivity index (χ4v) is 5.30. The van der Waals surface area contributed by atoms with Crippen LogP contribution in [0.3, 0.4) is 0 Å². The van der Waals surface area contributed by atoms with E-state index in [4.69, 9.17) is 16.6 Å². The second kappa shape index (κ2) is 9.09. The largest absolute Gasteiger partial charge is 0.306 e. The summed E-state index contributed by atoms with van der Waals surface area (Å²) in [6, 6.07) is 19.0. The minimum Gasteiger partial charge on any atom is -0.306 e. The number of benzene rings is 2. The minimum atomic E-state index is 0.175. The Kier molecular flexibility index (Phi) is 6.07. The van der Waals surface area contributed by atoms with Gasteiger partial charge in [0.1, 0.15) is 18.2 Å². The molecule has 0 spiro atoms. The third-order valence-corrected chi connectivity index (χ3v) is 6.93. The van der Waals surface area contributed by atoms with Crippen molar-refractivity contribution in [2.24, 2.45) is 4.99 Å². The van der Waals surface area contributed by atoms with E-state index in [2.05, 4.69) is 57.2 Å². The van der Waals surface area contributed by atoms with Crippen molar-refractivity contribution in [3.8, 4) is 0 Å². The summed E-state index contributed by atoms with van der Waals surface area (Å²) in [5.41, 5.74) is 2.37. The molecule has 158 valence electrons. The average Bonchev–Trinajstić information content (AvgIpc) is 3.22. The van der Waals surface area contributed by atoms with Gasteiger partial charge in [0.2, 0.25) is 0 Å². The van der Waals surface area contributed by atoms with Crippen molar-refractivity contribution in [1.29, 1.82) is 0 Å². The van der Waals surface area contributed by atoms with Gasteiger partial charge in [0, 0.05) is 42.5 Å². The number of hydrogen-bond donors (Lipinski definition) is 0. The summed E-state index contributed by atoms with van der Waals surface area (Å²) in [5.74, 6) is 1.09. The third-order valence-electron chi connectivity index (χ3n) is 6.68. The van der Waals surface area contributed by atoms with Crippen molar-refractivity contribution < 1.29 is 0 Å². The highest BCUT2D eigenvalue weighted by atomic mass is 35.5. The van der Waals surface area contributed by atoms with E-state index in [0.717, 1.165) is 37.0 Å². The number of aliphatic imine (C=N–C) groups is 1. The lowest BCUT2D eigenvalue weighted by atomic mass is 10.1. The number of anilines is 1. The lowest BCUT2D eigenvalue weighted by molar-refractivity contribution is 0.0696. The first-order valence-electron chi connectivity index (χ1n) is 11.5. The maximum atomic E-state index is 6.24. The summed E-state index contributed by atoms with van der Waals surface area (Å²) in [6.07, 6.45) is 8.20. The van der Waals surface area contributed by atoms with Gasteiger partial charge in [-0.2, -0.15) is 0 Å². The number of piperidine rings is 2. The number of nitrogens with zero attached hydrogens (tertiary/aromatic N) is 4. The van der Waals surface area contributed by atoms with E-state index in [9.17, 15) is 0 Å². The average molecular weight is 423 g/mol. The Morgan fingerprint density at radius 2 is 1.30 bits per heavy atom. The van der Waals surface area contributed by atoms with E-state index in [1.807, 2.05) is 12.1 Å². The Bertz CT molecular complexity index is 854. The number of hydrogen-bond acceptors (Lipinski definition) is 4. The molecule has 0 aliphatic carbocycles. The topological polar surface area (TPSA) is 22.1 Å². The molecule has 2 fully saturated rings. The molecule has 3 aliphatic rings. The molecule has 3 aliphatic heterocycles. The lowest BCUT2D eigenvalue weighted by Crippen LogP contribution is -2.58. The highest BCUT2D eigenvalue weighted by Gasteiger charge is 2.44. The van der Waals surface area contributed by atoms with Crippen molar-refractivity contribution in [3.05, 3.63) is 65.2 Å². The molecular weight excluding hydrogens is 392 g/mol. The first kappa shape index (κ1) is 20.0. The van der Waals surface area contributed by atoms with Crippen LogP contribution in [0.15, 0.2) is 59.6 Å². The van der Waals surface area contributed by atoms with Crippen molar-refractivity contribution in [1.82, 2.24) is 9.80 Å². The Balaban J connectivity index is 1.59. The Hall–Kier alpha value is -1.88. The number of amidine groups is 1. The van der Waals surface area contributed by atoms with Crippen LogP contribution in [0.1, 0.15) is 44.1 Å². The highest BCUT2D eigenvalue weighted by molar-refractivity contribution is 6.30. The molecule has 4 nitrogen and oxygen atoms in total. The number of likely N-dealkylation sites (tertiary alicyclic amines) is 2. The van der Waals surface area contributed by atoms with E-state index in [-0.39, 0.29) is 12.3 Å². The predicted molar refractivity (Wildman–Crippen MR) is 125 cm³/mol. The molecule has 0 unspecified atom stereocenters. The van der Waals surface area contributed by atoms with Crippen molar-refractivity contribution >= 4 is 23.1 Å². The molecule has 0 bridgehead atoms. The van der Waals surface area contributed by atoms with Crippen LogP contribution in [0.4, 0.5) is 5.69 Å². The van der Waals surface area contributed by atoms with Gasteiger partial charge in [0.25, 0.3) is 0 Å². The van der Waals surface area contributed by atoms with Crippen LogP contribution in [-0.4, -0.2) is 54.1 Å².